The van der Waals surface area contributed by atoms with Crippen molar-refractivity contribution in [2.45, 2.75) is 51.7 Å². The summed E-state index contributed by atoms with van der Waals surface area (Å²) in [6.07, 6.45) is 5.07. The Balaban J connectivity index is 1.88. The molecule has 5 nitrogen and oxygen atoms in total. The van der Waals surface area contributed by atoms with E-state index in [1.54, 1.807) is 6.26 Å². The van der Waals surface area contributed by atoms with Gasteiger partial charge >= 0.3 is 0 Å². The van der Waals surface area contributed by atoms with E-state index >= 15 is 0 Å². The molecule has 1 aromatic heterocycles. The van der Waals surface area contributed by atoms with Gasteiger partial charge in [-0.15, -0.1) is 0 Å². The monoisotopic (exact) mass is 293 g/mol. The molecule has 0 aliphatic carbocycles. The normalized spacial score (nSPS) is 24.7. The minimum atomic E-state index is -0.147. The molecule has 1 aliphatic rings. The van der Waals surface area contributed by atoms with Crippen LogP contribution >= 0.6 is 0 Å². The molecule has 3 atom stereocenters. The SMILES string of the molecule is CCC1CCN(C(C)C(=O)NCc2ccco2)C(CN)C1. The van der Waals surface area contributed by atoms with E-state index < -0.39 is 0 Å². The first-order chi connectivity index (χ1) is 10.2. The van der Waals surface area contributed by atoms with E-state index in [4.69, 9.17) is 10.2 Å². The third-order valence-corrected chi connectivity index (χ3v) is 4.61. The van der Waals surface area contributed by atoms with Crippen molar-refractivity contribution >= 4 is 5.91 Å². The zero-order valence-electron chi connectivity index (χ0n) is 13.0. The number of nitrogens with one attached hydrogen (secondary N) is 1. The number of nitrogens with two attached hydrogens (primary N) is 1. The predicted molar refractivity (Wildman–Crippen MR) is 82.6 cm³/mol. The van der Waals surface area contributed by atoms with Gasteiger partial charge in [-0.05, 0) is 44.4 Å². The standard InChI is InChI=1S/C16H27N3O2/c1-3-13-6-7-19(14(9-13)10-17)12(2)16(20)18-11-15-5-4-8-21-15/h4-5,8,12-14H,3,6-7,9-11,17H2,1-2H3,(H,18,20). The van der Waals surface area contributed by atoms with E-state index in [0.717, 1.165) is 31.1 Å². The van der Waals surface area contributed by atoms with Crippen molar-refractivity contribution in [1.29, 1.82) is 0 Å². The number of hydrogen-bond donors (Lipinski definition) is 2. The van der Waals surface area contributed by atoms with Crippen molar-refractivity contribution in [3.05, 3.63) is 24.2 Å². The number of piperidine rings is 1. The van der Waals surface area contributed by atoms with Crippen LogP contribution in [-0.4, -0.2) is 36.0 Å². The summed E-state index contributed by atoms with van der Waals surface area (Å²) in [5, 5.41) is 2.94. The van der Waals surface area contributed by atoms with Gasteiger partial charge in [0.1, 0.15) is 5.76 Å². The largest absolute Gasteiger partial charge is 0.467 e. The first-order valence-electron chi connectivity index (χ1n) is 7.91. The summed E-state index contributed by atoms with van der Waals surface area (Å²) in [5.74, 6) is 1.56. The second-order valence-corrected chi connectivity index (χ2v) is 5.90. The molecular weight excluding hydrogens is 266 g/mol. The zero-order valence-corrected chi connectivity index (χ0v) is 13.0. The van der Waals surface area contributed by atoms with Gasteiger partial charge in [-0.25, -0.2) is 0 Å². The van der Waals surface area contributed by atoms with Gasteiger partial charge in [0.05, 0.1) is 18.8 Å². The van der Waals surface area contributed by atoms with Gasteiger partial charge in [-0.2, -0.15) is 0 Å². The quantitative estimate of drug-likeness (QED) is 0.838. The van der Waals surface area contributed by atoms with Gasteiger partial charge in [0, 0.05) is 12.6 Å². The number of hydrogen-bond acceptors (Lipinski definition) is 4. The van der Waals surface area contributed by atoms with Crippen LogP contribution in [0.3, 0.4) is 0 Å². The van der Waals surface area contributed by atoms with Crippen molar-refractivity contribution in [2.24, 2.45) is 11.7 Å². The summed E-state index contributed by atoms with van der Waals surface area (Å²) < 4.78 is 5.23. The molecular formula is C16H27N3O2. The highest BCUT2D eigenvalue weighted by molar-refractivity contribution is 5.81. The first-order valence-corrected chi connectivity index (χ1v) is 7.91. The second-order valence-electron chi connectivity index (χ2n) is 5.90. The summed E-state index contributed by atoms with van der Waals surface area (Å²) in [5.41, 5.74) is 5.91. The molecule has 5 heteroatoms. The molecule has 2 rings (SSSR count). The molecule has 1 amide bonds. The van der Waals surface area contributed by atoms with Crippen LogP contribution in [0.4, 0.5) is 0 Å². The van der Waals surface area contributed by atoms with E-state index in [9.17, 15) is 4.79 Å². The van der Waals surface area contributed by atoms with Gasteiger partial charge in [0.15, 0.2) is 0 Å². The molecule has 0 aromatic carbocycles. The lowest BCUT2D eigenvalue weighted by molar-refractivity contribution is -0.127. The Morgan fingerprint density at radius 1 is 1.62 bits per heavy atom. The number of carbonyl (C=O) groups excluding carboxylic acids is 1. The van der Waals surface area contributed by atoms with Crippen LogP contribution in [0.2, 0.25) is 0 Å². The summed E-state index contributed by atoms with van der Waals surface area (Å²) in [6, 6.07) is 3.85. The Morgan fingerprint density at radius 3 is 3.05 bits per heavy atom. The summed E-state index contributed by atoms with van der Waals surface area (Å²) in [7, 11) is 0. The number of rotatable bonds is 6. The minimum Gasteiger partial charge on any atom is -0.467 e. The molecule has 21 heavy (non-hydrogen) atoms. The van der Waals surface area contributed by atoms with Crippen LogP contribution in [-0.2, 0) is 11.3 Å². The second kappa shape index (κ2) is 7.61. The van der Waals surface area contributed by atoms with Crippen molar-refractivity contribution in [1.82, 2.24) is 10.2 Å². The molecule has 0 bridgehead atoms. The number of likely N-dealkylation sites (tertiary alicyclic amines) is 1. The Labute approximate surface area is 126 Å². The van der Waals surface area contributed by atoms with Crippen LogP contribution in [0.5, 0.6) is 0 Å². The predicted octanol–water partition coefficient (Wildman–Crippen LogP) is 1.73. The van der Waals surface area contributed by atoms with E-state index in [1.807, 2.05) is 19.1 Å². The molecule has 0 radical (unpaired) electrons. The molecule has 1 aliphatic heterocycles. The molecule has 0 saturated carbocycles. The van der Waals surface area contributed by atoms with E-state index in [0.29, 0.717) is 19.1 Å². The molecule has 3 N–H and O–H groups in total. The molecule has 1 aromatic rings. The van der Waals surface area contributed by atoms with Crippen LogP contribution in [0.15, 0.2) is 22.8 Å². The highest BCUT2D eigenvalue weighted by atomic mass is 16.3. The maximum absolute atomic E-state index is 12.3. The average molecular weight is 293 g/mol. The van der Waals surface area contributed by atoms with Crippen molar-refractivity contribution in [3.63, 3.8) is 0 Å². The first kappa shape index (κ1) is 16.0. The Morgan fingerprint density at radius 2 is 2.43 bits per heavy atom. The van der Waals surface area contributed by atoms with E-state index in [1.165, 1.54) is 6.42 Å². The highest BCUT2D eigenvalue weighted by Gasteiger charge is 2.32. The van der Waals surface area contributed by atoms with Gasteiger partial charge in [-0.1, -0.05) is 13.3 Å². The number of furan rings is 1. The molecule has 2 heterocycles. The minimum absolute atomic E-state index is 0.0415. The third-order valence-electron chi connectivity index (χ3n) is 4.61. The average Bonchev–Trinajstić information content (AvgIpc) is 3.04. The maximum atomic E-state index is 12.3. The zero-order chi connectivity index (χ0) is 15.2. The fourth-order valence-corrected chi connectivity index (χ4v) is 3.15. The lowest BCUT2D eigenvalue weighted by Crippen LogP contribution is -2.55. The molecule has 3 unspecified atom stereocenters. The lowest BCUT2D eigenvalue weighted by Gasteiger charge is -2.41. The number of nitrogens with zero attached hydrogens (tertiary/aromatic N) is 1. The van der Waals surface area contributed by atoms with E-state index in [2.05, 4.69) is 17.1 Å². The molecule has 1 fully saturated rings. The van der Waals surface area contributed by atoms with Gasteiger partial charge < -0.3 is 15.5 Å². The van der Waals surface area contributed by atoms with Crippen LogP contribution in [0, 0.1) is 5.92 Å². The highest BCUT2D eigenvalue weighted by Crippen LogP contribution is 2.26. The van der Waals surface area contributed by atoms with Gasteiger partial charge in [0.25, 0.3) is 0 Å². The molecule has 118 valence electrons. The number of amides is 1. The molecule has 1 saturated heterocycles. The van der Waals surface area contributed by atoms with Crippen molar-refractivity contribution in [2.75, 3.05) is 13.1 Å². The van der Waals surface area contributed by atoms with Crippen molar-refractivity contribution in [3.8, 4) is 0 Å². The lowest BCUT2D eigenvalue weighted by atomic mass is 9.88. The summed E-state index contributed by atoms with van der Waals surface area (Å²) in [4.78, 5) is 14.6. The van der Waals surface area contributed by atoms with E-state index in [-0.39, 0.29) is 11.9 Å². The third kappa shape index (κ3) is 4.08. The van der Waals surface area contributed by atoms with Gasteiger partial charge in [-0.3, -0.25) is 9.69 Å². The van der Waals surface area contributed by atoms with Gasteiger partial charge in [0.2, 0.25) is 5.91 Å². The Hall–Kier alpha value is -1.33. The van der Waals surface area contributed by atoms with Crippen LogP contribution in [0.1, 0.15) is 38.9 Å². The smallest absolute Gasteiger partial charge is 0.237 e. The summed E-state index contributed by atoms with van der Waals surface area (Å²) >= 11 is 0. The fourth-order valence-electron chi connectivity index (χ4n) is 3.15. The molecule has 0 spiro atoms. The number of carbonyl (C=O) groups is 1. The van der Waals surface area contributed by atoms with Crippen molar-refractivity contribution < 1.29 is 9.21 Å². The van der Waals surface area contributed by atoms with Crippen LogP contribution in [0.25, 0.3) is 0 Å². The van der Waals surface area contributed by atoms with Crippen LogP contribution < -0.4 is 11.1 Å². The Kier molecular flexibility index (Phi) is 5.82. The maximum Gasteiger partial charge on any atom is 0.237 e. The fraction of sp³-hybridized carbons (Fsp3) is 0.688. The Bertz CT molecular complexity index is 433. The topological polar surface area (TPSA) is 71.5 Å². The summed E-state index contributed by atoms with van der Waals surface area (Å²) in [6.45, 7) is 6.21.